The standard InChI is InChI=1S/C11H10ClN3O3S/c1-18-8-2-4-9(5-3-8)19(16,17)15-10-6-7-13-11(12)14-10/h2-7H,1H3,(H,13,14,15). The first-order valence-corrected chi connectivity index (χ1v) is 7.03. The Bertz CT molecular complexity index is 674. The third-order valence-electron chi connectivity index (χ3n) is 2.23. The average Bonchev–Trinajstić information content (AvgIpc) is 2.38. The number of methoxy groups -OCH3 is 1. The molecule has 6 nitrogen and oxygen atoms in total. The van der Waals surface area contributed by atoms with Crippen LogP contribution >= 0.6 is 11.6 Å². The summed E-state index contributed by atoms with van der Waals surface area (Å²) in [6.45, 7) is 0. The second-order valence-electron chi connectivity index (χ2n) is 3.49. The highest BCUT2D eigenvalue weighted by atomic mass is 35.5. The Morgan fingerprint density at radius 1 is 1.21 bits per heavy atom. The lowest BCUT2D eigenvalue weighted by Crippen LogP contribution is -2.14. The van der Waals surface area contributed by atoms with Gasteiger partial charge in [-0.2, -0.15) is 4.98 Å². The largest absolute Gasteiger partial charge is 0.497 e. The van der Waals surface area contributed by atoms with Crippen molar-refractivity contribution in [2.75, 3.05) is 11.8 Å². The minimum atomic E-state index is -3.71. The number of aromatic nitrogens is 2. The maximum Gasteiger partial charge on any atom is 0.263 e. The molecule has 0 bridgehead atoms. The Labute approximate surface area is 115 Å². The molecule has 0 atom stereocenters. The molecule has 0 fully saturated rings. The number of nitrogens with one attached hydrogen (secondary N) is 1. The zero-order valence-electron chi connectivity index (χ0n) is 9.87. The Balaban J connectivity index is 2.27. The number of benzene rings is 1. The number of hydrogen-bond donors (Lipinski definition) is 1. The van der Waals surface area contributed by atoms with Crippen LogP contribution in [0.15, 0.2) is 41.4 Å². The molecule has 19 heavy (non-hydrogen) atoms. The summed E-state index contributed by atoms with van der Waals surface area (Å²) in [5.41, 5.74) is 0. The number of halogens is 1. The van der Waals surface area contributed by atoms with Crippen LogP contribution in [-0.2, 0) is 10.0 Å². The Kier molecular flexibility index (Phi) is 3.87. The fourth-order valence-electron chi connectivity index (χ4n) is 1.34. The monoisotopic (exact) mass is 299 g/mol. The quantitative estimate of drug-likeness (QED) is 0.873. The molecule has 1 aromatic carbocycles. The van der Waals surface area contributed by atoms with Crippen LogP contribution in [0, 0.1) is 0 Å². The minimum absolute atomic E-state index is 0.0325. The van der Waals surface area contributed by atoms with Gasteiger partial charge in [0.1, 0.15) is 11.6 Å². The molecular weight excluding hydrogens is 290 g/mol. The lowest BCUT2D eigenvalue weighted by molar-refractivity contribution is 0.414. The fraction of sp³-hybridized carbons (Fsp3) is 0.0909. The third-order valence-corrected chi connectivity index (χ3v) is 3.79. The van der Waals surface area contributed by atoms with Gasteiger partial charge in [0, 0.05) is 6.20 Å². The van der Waals surface area contributed by atoms with Crippen LogP contribution in [0.1, 0.15) is 0 Å². The maximum atomic E-state index is 12.1. The molecule has 8 heteroatoms. The van der Waals surface area contributed by atoms with Gasteiger partial charge in [-0.15, -0.1) is 0 Å². The molecule has 1 N–H and O–H groups in total. The van der Waals surface area contributed by atoms with Crippen LogP contribution in [0.3, 0.4) is 0 Å². The summed E-state index contributed by atoms with van der Waals surface area (Å²) in [7, 11) is -2.20. The van der Waals surface area contributed by atoms with Gasteiger partial charge in [0.25, 0.3) is 10.0 Å². The SMILES string of the molecule is COc1ccc(S(=O)(=O)Nc2ccnc(Cl)n2)cc1. The summed E-state index contributed by atoms with van der Waals surface area (Å²) in [5.74, 6) is 0.680. The molecule has 0 saturated heterocycles. The van der Waals surface area contributed by atoms with Gasteiger partial charge in [-0.1, -0.05) is 0 Å². The maximum absolute atomic E-state index is 12.1. The van der Waals surface area contributed by atoms with Crippen molar-refractivity contribution < 1.29 is 13.2 Å². The molecule has 2 rings (SSSR count). The second kappa shape index (κ2) is 5.41. The molecule has 1 heterocycles. The first kappa shape index (κ1) is 13.6. The van der Waals surface area contributed by atoms with Gasteiger partial charge >= 0.3 is 0 Å². The normalized spacial score (nSPS) is 11.1. The predicted molar refractivity (Wildman–Crippen MR) is 70.8 cm³/mol. The molecule has 1 aromatic heterocycles. The molecule has 0 aliphatic heterocycles. The number of hydrogen-bond acceptors (Lipinski definition) is 5. The number of anilines is 1. The van der Waals surface area contributed by atoms with Crippen molar-refractivity contribution in [3.63, 3.8) is 0 Å². The highest BCUT2D eigenvalue weighted by Gasteiger charge is 2.15. The lowest BCUT2D eigenvalue weighted by Gasteiger charge is -2.07. The van der Waals surface area contributed by atoms with Gasteiger partial charge in [0.05, 0.1) is 12.0 Å². The van der Waals surface area contributed by atoms with Crippen molar-refractivity contribution in [1.82, 2.24) is 9.97 Å². The molecule has 0 unspecified atom stereocenters. The molecule has 2 aromatic rings. The second-order valence-corrected chi connectivity index (χ2v) is 5.51. The average molecular weight is 300 g/mol. The lowest BCUT2D eigenvalue weighted by atomic mass is 10.3. The topological polar surface area (TPSA) is 81.2 Å². The molecule has 0 radical (unpaired) electrons. The van der Waals surface area contributed by atoms with E-state index in [0.29, 0.717) is 5.75 Å². The molecular formula is C11H10ClN3O3S. The summed E-state index contributed by atoms with van der Waals surface area (Å²) in [6, 6.07) is 7.39. The summed E-state index contributed by atoms with van der Waals surface area (Å²) in [4.78, 5) is 7.53. The summed E-state index contributed by atoms with van der Waals surface area (Å²) in [6.07, 6.45) is 1.36. The van der Waals surface area contributed by atoms with E-state index in [1.165, 1.54) is 31.5 Å². The van der Waals surface area contributed by atoms with Crippen LogP contribution in [0.2, 0.25) is 5.28 Å². The third kappa shape index (κ3) is 3.33. The zero-order valence-corrected chi connectivity index (χ0v) is 11.4. The van der Waals surface area contributed by atoms with Gasteiger partial charge in [-0.3, -0.25) is 4.72 Å². The van der Waals surface area contributed by atoms with Crippen LogP contribution in [0.25, 0.3) is 0 Å². The molecule has 0 saturated carbocycles. The summed E-state index contributed by atoms with van der Waals surface area (Å²) < 4.78 is 31.4. The van der Waals surface area contributed by atoms with E-state index < -0.39 is 10.0 Å². The van der Waals surface area contributed by atoms with E-state index in [0.717, 1.165) is 0 Å². The van der Waals surface area contributed by atoms with E-state index in [1.54, 1.807) is 12.1 Å². The van der Waals surface area contributed by atoms with Crippen molar-refractivity contribution in [3.05, 3.63) is 41.8 Å². The number of rotatable bonds is 4. The van der Waals surface area contributed by atoms with Gasteiger partial charge < -0.3 is 4.74 Å². The summed E-state index contributed by atoms with van der Waals surface area (Å²) >= 11 is 5.59. The molecule has 0 aliphatic carbocycles. The van der Waals surface area contributed by atoms with Crippen LogP contribution < -0.4 is 9.46 Å². The smallest absolute Gasteiger partial charge is 0.263 e. The predicted octanol–water partition coefficient (Wildman–Crippen LogP) is 1.94. The van der Waals surface area contributed by atoms with Gasteiger partial charge in [-0.25, -0.2) is 13.4 Å². The van der Waals surface area contributed by atoms with Crippen LogP contribution in [0.4, 0.5) is 5.82 Å². The highest BCUT2D eigenvalue weighted by molar-refractivity contribution is 7.92. The first-order chi connectivity index (χ1) is 9.01. The van der Waals surface area contributed by atoms with Crippen molar-refractivity contribution >= 4 is 27.4 Å². The first-order valence-electron chi connectivity index (χ1n) is 5.17. The van der Waals surface area contributed by atoms with E-state index in [1.807, 2.05) is 0 Å². The van der Waals surface area contributed by atoms with E-state index in [4.69, 9.17) is 16.3 Å². The van der Waals surface area contributed by atoms with E-state index in [2.05, 4.69) is 14.7 Å². The minimum Gasteiger partial charge on any atom is -0.497 e. The van der Waals surface area contributed by atoms with E-state index >= 15 is 0 Å². The Morgan fingerprint density at radius 3 is 2.47 bits per heavy atom. The Hall–Kier alpha value is -1.86. The van der Waals surface area contributed by atoms with Gasteiger partial charge in [0.15, 0.2) is 0 Å². The van der Waals surface area contributed by atoms with Crippen molar-refractivity contribution in [2.45, 2.75) is 4.90 Å². The van der Waals surface area contributed by atoms with E-state index in [-0.39, 0.29) is 16.0 Å². The fourth-order valence-corrected chi connectivity index (χ4v) is 2.49. The molecule has 0 amide bonds. The number of sulfonamides is 1. The van der Waals surface area contributed by atoms with E-state index in [9.17, 15) is 8.42 Å². The van der Waals surface area contributed by atoms with Gasteiger partial charge in [-0.05, 0) is 41.9 Å². The molecule has 100 valence electrons. The highest BCUT2D eigenvalue weighted by Crippen LogP contribution is 2.18. The van der Waals surface area contributed by atoms with Crippen molar-refractivity contribution in [2.24, 2.45) is 0 Å². The van der Waals surface area contributed by atoms with Crippen LogP contribution in [0.5, 0.6) is 5.75 Å². The summed E-state index contributed by atoms with van der Waals surface area (Å²) in [5, 5.41) is -0.0325. The van der Waals surface area contributed by atoms with Crippen LogP contribution in [-0.4, -0.2) is 25.5 Å². The van der Waals surface area contributed by atoms with Crippen molar-refractivity contribution in [1.29, 1.82) is 0 Å². The van der Waals surface area contributed by atoms with Crippen molar-refractivity contribution in [3.8, 4) is 5.75 Å². The number of nitrogens with zero attached hydrogens (tertiary/aromatic N) is 2. The van der Waals surface area contributed by atoms with Gasteiger partial charge in [0.2, 0.25) is 5.28 Å². The molecule has 0 spiro atoms. The zero-order chi connectivity index (χ0) is 13.9. The number of ether oxygens (including phenoxy) is 1. The Morgan fingerprint density at radius 2 is 1.89 bits per heavy atom. The molecule has 0 aliphatic rings.